The van der Waals surface area contributed by atoms with Gasteiger partial charge in [-0.3, -0.25) is 0 Å². The molecule has 8 heteroatoms. The number of hydrazine groups is 1. The van der Waals surface area contributed by atoms with Crippen LogP contribution >= 0.6 is 0 Å². The number of anilines is 2. The highest BCUT2D eigenvalue weighted by molar-refractivity contribution is 5.47. The van der Waals surface area contributed by atoms with Crippen molar-refractivity contribution in [3.05, 3.63) is 11.8 Å². The molecule has 17 heavy (non-hydrogen) atoms. The second-order valence-corrected chi connectivity index (χ2v) is 3.49. The summed E-state index contributed by atoms with van der Waals surface area (Å²) >= 11 is 0. The number of hydrogen-bond acceptors (Lipinski definition) is 7. The van der Waals surface area contributed by atoms with Gasteiger partial charge in [-0.05, 0) is 6.92 Å². The first-order valence-electron chi connectivity index (χ1n) is 5.18. The SMILES string of the molecule is COCCNc1nc2nc(C)cc(NN)n2n1. The quantitative estimate of drug-likeness (QED) is 0.375. The predicted molar refractivity (Wildman–Crippen MR) is 63.7 cm³/mol. The van der Waals surface area contributed by atoms with Crippen LogP contribution in [0.25, 0.3) is 5.78 Å². The van der Waals surface area contributed by atoms with Gasteiger partial charge in [0.25, 0.3) is 5.78 Å². The number of methoxy groups -OCH3 is 1. The lowest BCUT2D eigenvalue weighted by atomic mass is 10.4. The number of nitrogens with zero attached hydrogens (tertiary/aromatic N) is 4. The Labute approximate surface area is 98.2 Å². The lowest BCUT2D eigenvalue weighted by Gasteiger charge is -2.02. The van der Waals surface area contributed by atoms with E-state index in [0.29, 0.717) is 30.7 Å². The van der Waals surface area contributed by atoms with Gasteiger partial charge in [-0.1, -0.05) is 0 Å². The Morgan fingerprint density at radius 3 is 3.00 bits per heavy atom. The van der Waals surface area contributed by atoms with Crippen LogP contribution in [0.5, 0.6) is 0 Å². The van der Waals surface area contributed by atoms with Crippen LogP contribution in [0.3, 0.4) is 0 Å². The fraction of sp³-hybridized carbons (Fsp3) is 0.444. The zero-order chi connectivity index (χ0) is 12.3. The molecule has 2 heterocycles. The van der Waals surface area contributed by atoms with Crippen molar-refractivity contribution < 1.29 is 4.74 Å². The van der Waals surface area contributed by atoms with E-state index in [1.165, 1.54) is 0 Å². The van der Waals surface area contributed by atoms with E-state index in [9.17, 15) is 0 Å². The molecule has 0 unspecified atom stereocenters. The molecule has 0 spiro atoms. The molecule has 0 aliphatic rings. The molecule has 0 aliphatic heterocycles. The summed E-state index contributed by atoms with van der Waals surface area (Å²) in [5, 5.41) is 7.26. The number of nitrogens with one attached hydrogen (secondary N) is 2. The van der Waals surface area contributed by atoms with E-state index in [1.807, 2.05) is 6.92 Å². The van der Waals surface area contributed by atoms with Crippen LogP contribution in [0.2, 0.25) is 0 Å². The van der Waals surface area contributed by atoms with Gasteiger partial charge in [0.2, 0.25) is 5.95 Å². The van der Waals surface area contributed by atoms with Gasteiger partial charge in [0.15, 0.2) is 0 Å². The van der Waals surface area contributed by atoms with Gasteiger partial charge in [0.1, 0.15) is 5.82 Å². The van der Waals surface area contributed by atoms with Crippen LogP contribution in [0.4, 0.5) is 11.8 Å². The standard InChI is InChI=1S/C9H15N7O/c1-6-5-7(14-10)16-9(12-6)13-8(15-16)11-3-4-17-2/h5,14H,3-4,10H2,1-2H3,(H,11,15). The monoisotopic (exact) mass is 237 g/mol. The Morgan fingerprint density at radius 1 is 1.47 bits per heavy atom. The normalized spacial score (nSPS) is 10.8. The number of nitrogens with two attached hydrogens (primary N) is 1. The van der Waals surface area contributed by atoms with E-state index >= 15 is 0 Å². The third-order valence-corrected chi connectivity index (χ3v) is 2.18. The number of ether oxygens (including phenoxy) is 1. The molecule has 2 rings (SSSR count). The van der Waals surface area contributed by atoms with Crippen LogP contribution in [-0.4, -0.2) is 39.8 Å². The topological polar surface area (TPSA) is 102 Å². The molecule has 0 saturated carbocycles. The molecule has 0 bridgehead atoms. The van der Waals surface area contributed by atoms with Crippen molar-refractivity contribution in [2.45, 2.75) is 6.92 Å². The minimum Gasteiger partial charge on any atom is -0.383 e. The van der Waals surface area contributed by atoms with Gasteiger partial charge in [0.05, 0.1) is 6.61 Å². The maximum atomic E-state index is 5.41. The largest absolute Gasteiger partial charge is 0.383 e. The number of rotatable bonds is 5. The first-order valence-corrected chi connectivity index (χ1v) is 5.18. The predicted octanol–water partition coefficient (Wildman–Crippen LogP) is -0.223. The minimum atomic E-state index is 0.497. The van der Waals surface area contributed by atoms with Crippen LogP contribution < -0.4 is 16.6 Å². The first-order chi connectivity index (χ1) is 8.24. The third-order valence-electron chi connectivity index (χ3n) is 2.18. The summed E-state index contributed by atoms with van der Waals surface area (Å²) in [7, 11) is 1.64. The molecule has 0 atom stereocenters. The molecular weight excluding hydrogens is 222 g/mol. The smallest absolute Gasteiger partial charge is 0.256 e. The van der Waals surface area contributed by atoms with E-state index in [2.05, 4.69) is 25.8 Å². The van der Waals surface area contributed by atoms with Gasteiger partial charge in [-0.2, -0.15) is 9.50 Å². The number of hydrogen-bond donors (Lipinski definition) is 3. The number of fused-ring (bicyclic) bond motifs is 1. The second-order valence-electron chi connectivity index (χ2n) is 3.49. The number of aromatic nitrogens is 4. The van der Waals surface area contributed by atoms with Crippen LogP contribution in [0, 0.1) is 6.92 Å². The summed E-state index contributed by atoms with van der Waals surface area (Å²) in [5.74, 6) is 7.04. The highest BCUT2D eigenvalue weighted by atomic mass is 16.5. The molecule has 92 valence electrons. The van der Waals surface area contributed by atoms with E-state index in [1.54, 1.807) is 17.7 Å². The summed E-state index contributed by atoms with van der Waals surface area (Å²) in [6.07, 6.45) is 0. The van der Waals surface area contributed by atoms with E-state index in [4.69, 9.17) is 10.6 Å². The minimum absolute atomic E-state index is 0.497. The molecule has 2 aromatic heterocycles. The first kappa shape index (κ1) is 11.6. The Balaban J connectivity index is 2.29. The summed E-state index contributed by atoms with van der Waals surface area (Å²) in [6.45, 7) is 3.09. The van der Waals surface area contributed by atoms with Crippen molar-refractivity contribution in [3.8, 4) is 0 Å². The Morgan fingerprint density at radius 2 is 2.29 bits per heavy atom. The van der Waals surface area contributed by atoms with Crippen molar-refractivity contribution in [1.29, 1.82) is 0 Å². The molecule has 2 aromatic rings. The fourth-order valence-corrected chi connectivity index (χ4v) is 1.43. The van der Waals surface area contributed by atoms with Crippen LogP contribution in [0.1, 0.15) is 5.69 Å². The average molecular weight is 237 g/mol. The van der Waals surface area contributed by atoms with Gasteiger partial charge in [0, 0.05) is 25.4 Å². The molecule has 0 amide bonds. The zero-order valence-corrected chi connectivity index (χ0v) is 9.77. The van der Waals surface area contributed by atoms with Crippen molar-refractivity contribution in [3.63, 3.8) is 0 Å². The maximum absolute atomic E-state index is 5.41. The van der Waals surface area contributed by atoms with Gasteiger partial charge in [-0.25, -0.2) is 10.8 Å². The lowest BCUT2D eigenvalue weighted by molar-refractivity contribution is 0.210. The van der Waals surface area contributed by atoms with Crippen molar-refractivity contribution in [2.24, 2.45) is 5.84 Å². The molecule has 4 N–H and O–H groups in total. The summed E-state index contributed by atoms with van der Waals surface area (Å²) < 4.78 is 6.47. The van der Waals surface area contributed by atoms with E-state index in [-0.39, 0.29) is 0 Å². The van der Waals surface area contributed by atoms with Crippen molar-refractivity contribution >= 4 is 17.5 Å². The summed E-state index contributed by atoms with van der Waals surface area (Å²) in [4.78, 5) is 8.49. The molecule has 0 aliphatic carbocycles. The van der Waals surface area contributed by atoms with Gasteiger partial charge < -0.3 is 15.5 Å². The van der Waals surface area contributed by atoms with E-state index in [0.717, 1.165) is 5.69 Å². The highest BCUT2D eigenvalue weighted by Crippen LogP contribution is 2.11. The second kappa shape index (κ2) is 4.93. The number of nitrogen functional groups attached to an aromatic ring is 1. The summed E-state index contributed by atoms with van der Waals surface area (Å²) in [6, 6.07) is 1.79. The maximum Gasteiger partial charge on any atom is 0.256 e. The molecular formula is C9H15N7O. The molecule has 0 aromatic carbocycles. The van der Waals surface area contributed by atoms with Gasteiger partial charge in [-0.15, -0.1) is 5.10 Å². The van der Waals surface area contributed by atoms with Crippen LogP contribution in [-0.2, 0) is 4.74 Å². The molecule has 0 radical (unpaired) electrons. The van der Waals surface area contributed by atoms with Crippen molar-refractivity contribution in [1.82, 2.24) is 19.6 Å². The lowest BCUT2D eigenvalue weighted by Crippen LogP contribution is -2.12. The Hall–Kier alpha value is -1.93. The summed E-state index contributed by atoms with van der Waals surface area (Å²) in [5.41, 5.74) is 3.38. The number of aryl methyl sites for hydroxylation is 1. The highest BCUT2D eigenvalue weighted by Gasteiger charge is 2.08. The Bertz CT molecular complexity index is 509. The zero-order valence-electron chi connectivity index (χ0n) is 9.77. The van der Waals surface area contributed by atoms with Crippen molar-refractivity contribution in [2.75, 3.05) is 31.0 Å². The van der Waals surface area contributed by atoms with Crippen LogP contribution in [0.15, 0.2) is 6.07 Å². The van der Waals surface area contributed by atoms with Gasteiger partial charge >= 0.3 is 0 Å². The molecule has 8 nitrogen and oxygen atoms in total. The third kappa shape index (κ3) is 2.43. The molecule has 0 saturated heterocycles. The fourth-order valence-electron chi connectivity index (χ4n) is 1.43. The molecule has 0 fully saturated rings. The Kier molecular flexibility index (Phi) is 3.35. The van der Waals surface area contributed by atoms with E-state index < -0.39 is 0 Å². The average Bonchev–Trinajstić information content (AvgIpc) is 2.71.